The van der Waals surface area contributed by atoms with Crippen molar-refractivity contribution in [3.05, 3.63) is 57.3 Å². The van der Waals surface area contributed by atoms with Gasteiger partial charge < -0.3 is 10.6 Å². The van der Waals surface area contributed by atoms with Crippen molar-refractivity contribution in [3.63, 3.8) is 0 Å². The third-order valence-electron chi connectivity index (χ3n) is 4.79. The van der Waals surface area contributed by atoms with Crippen LogP contribution in [0.15, 0.2) is 35.7 Å². The van der Waals surface area contributed by atoms with Crippen molar-refractivity contribution in [2.24, 2.45) is 0 Å². The number of fused-ring (bicyclic) bond motifs is 1. The van der Waals surface area contributed by atoms with Gasteiger partial charge in [0.05, 0.1) is 12.6 Å². The molecular weight excluding hydrogens is 316 g/mol. The minimum absolute atomic E-state index is 0.0450. The van der Waals surface area contributed by atoms with Crippen molar-refractivity contribution in [3.8, 4) is 0 Å². The van der Waals surface area contributed by atoms with E-state index in [0.29, 0.717) is 6.54 Å². The van der Waals surface area contributed by atoms with Crippen molar-refractivity contribution in [1.82, 2.24) is 10.6 Å². The number of nitrogens with one attached hydrogen (secondary N) is 2. The van der Waals surface area contributed by atoms with E-state index in [2.05, 4.69) is 54.1 Å². The Morgan fingerprint density at radius 1 is 1.12 bits per heavy atom. The van der Waals surface area contributed by atoms with E-state index >= 15 is 0 Å². The number of rotatable bonds is 6. The number of benzene rings is 1. The van der Waals surface area contributed by atoms with Crippen LogP contribution in [0.25, 0.3) is 0 Å². The maximum absolute atomic E-state index is 12.2. The molecule has 1 aliphatic carbocycles. The Hall–Kier alpha value is -1.65. The minimum atomic E-state index is 0.0450. The van der Waals surface area contributed by atoms with Gasteiger partial charge in [-0.2, -0.15) is 0 Å². The highest BCUT2D eigenvalue weighted by molar-refractivity contribution is 7.10. The number of amides is 1. The Morgan fingerprint density at radius 3 is 2.67 bits per heavy atom. The first-order chi connectivity index (χ1) is 11.6. The Bertz CT molecular complexity index is 681. The van der Waals surface area contributed by atoms with Crippen LogP contribution in [0.5, 0.6) is 0 Å². The van der Waals surface area contributed by atoms with Crippen LogP contribution in [-0.2, 0) is 17.6 Å². The summed E-state index contributed by atoms with van der Waals surface area (Å²) in [4.78, 5) is 13.5. The summed E-state index contributed by atoms with van der Waals surface area (Å²) in [7, 11) is 0. The van der Waals surface area contributed by atoms with Crippen LogP contribution in [0.3, 0.4) is 0 Å². The van der Waals surface area contributed by atoms with Gasteiger partial charge >= 0.3 is 0 Å². The topological polar surface area (TPSA) is 41.1 Å². The lowest BCUT2D eigenvalue weighted by Gasteiger charge is -2.20. The van der Waals surface area contributed by atoms with Gasteiger partial charge in [-0.15, -0.1) is 11.3 Å². The molecule has 2 unspecified atom stereocenters. The van der Waals surface area contributed by atoms with Gasteiger partial charge in [0.15, 0.2) is 0 Å². The van der Waals surface area contributed by atoms with Crippen LogP contribution in [0.1, 0.15) is 60.3 Å². The van der Waals surface area contributed by atoms with Crippen molar-refractivity contribution >= 4 is 17.2 Å². The average molecular weight is 343 g/mol. The standard InChI is InChI=1S/C20H26N2OS/c1-14(17-10-9-16-6-3-4-7-18(16)12-17)22-20(23)13-21-15(2)19-8-5-11-24-19/h5,8-12,14-15,21H,3-4,6-7,13H2,1-2H3,(H,22,23). The van der Waals surface area contributed by atoms with Gasteiger partial charge in [-0.1, -0.05) is 24.3 Å². The highest BCUT2D eigenvalue weighted by Gasteiger charge is 2.15. The van der Waals surface area contributed by atoms with Crippen molar-refractivity contribution in [2.45, 2.75) is 51.6 Å². The summed E-state index contributed by atoms with van der Waals surface area (Å²) in [6, 6.07) is 11.1. The smallest absolute Gasteiger partial charge is 0.234 e. The zero-order valence-corrected chi connectivity index (χ0v) is 15.3. The largest absolute Gasteiger partial charge is 0.348 e. The number of hydrogen-bond acceptors (Lipinski definition) is 3. The summed E-state index contributed by atoms with van der Waals surface area (Å²) in [5.41, 5.74) is 4.15. The Balaban J connectivity index is 1.52. The number of carbonyl (C=O) groups excluding carboxylic acids is 1. The Morgan fingerprint density at radius 2 is 1.92 bits per heavy atom. The van der Waals surface area contributed by atoms with Crippen LogP contribution < -0.4 is 10.6 Å². The van der Waals surface area contributed by atoms with Gasteiger partial charge in [-0.05, 0) is 67.7 Å². The molecule has 2 atom stereocenters. The molecule has 0 fully saturated rings. The van der Waals surface area contributed by atoms with E-state index < -0.39 is 0 Å². The molecule has 2 aromatic rings. The lowest BCUT2D eigenvalue weighted by atomic mass is 9.89. The zero-order valence-electron chi connectivity index (χ0n) is 14.5. The highest BCUT2D eigenvalue weighted by atomic mass is 32.1. The van der Waals surface area contributed by atoms with Crippen LogP contribution in [-0.4, -0.2) is 12.5 Å². The lowest BCUT2D eigenvalue weighted by molar-refractivity contribution is -0.121. The third-order valence-corrected chi connectivity index (χ3v) is 5.84. The molecule has 0 spiro atoms. The van der Waals surface area contributed by atoms with Gasteiger partial charge in [-0.3, -0.25) is 4.79 Å². The highest BCUT2D eigenvalue weighted by Crippen LogP contribution is 2.24. The maximum Gasteiger partial charge on any atom is 0.234 e. The van der Waals surface area contributed by atoms with E-state index in [-0.39, 0.29) is 18.0 Å². The number of thiophene rings is 1. The Kier molecular flexibility index (Phi) is 5.69. The van der Waals surface area contributed by atoms with Crippen LogP contribution in [0.2, 0.25) is 0 Å². The molecule has 0 saturated carbocycles. The van der Waals surface area contributed by atoms with E-state index in [1.807, 2.05) is 6.07 Å². The predicted molar refractivity (Wildman–Crippen MR) is 100 cm³/mol. The molecule has 0 aliphatic heterocycles. The SMILES string of the molecule is CC(NC(=O)CNC(C)c1cccs1)c1ccc2c(c1)CCCC2. The quantitative estimate of drug-likeness (QED) is 0.828. The number of carbonyl (C=O) groups is 1. The Labute approximate surface area is 148 Å². The van der Waals surface area contributed by atoms with Crippen molar-refractivity contribution in [2.75, 3.05) is 6.54 Å². The molecule has 1 aliphatic rings. The molecule has 24 heavy (non-hydrogen) atoms. The zero-order chi connectivity index (χ0) is 16.9. The van der Waals surface area contributed by atoms with Gasteiger partial charge in [0, 0.05) is 10.9 Å². The molecule has 128 valence electrons. The van der Waals surface area contributed by atoms with Crippen LogP contribution in [0, 0.1) is 0 Å². The minimum Gasteiger partial charge on any atom is -0.348 e. The summed E-state index contributed by atoms with van der Waals surface area (Å²) >= 11 is 1.71. The summed E-state index contributed by atoms with van der Waals surface area (Å²) < 4.78 is 0. The molecule has 3 nitrogen and oxygen atoms in total. The second kappa shape index (κ2) is 7.95. The normalized spacial score (nSPS) is 16.2. The summed E-state index contributed by atoms with van der Waals surface area (Å²) in [5.74, 6) is 0.0450. The lowest BCUT2D eigenvalue weighted by Crippen LogP contribution is -2.36. The molecule has 1 heterocycles. The first-order valence-corrected chi connectivity index (χ1v) is 9.69. The summed E-state index contributed by atoms with van der Waals surface area (Å²) in [6.45, 7) is 4.49. The molecule has 1 aromatic heterocycles. The second-order valence-corrected chi connectivity index (χ2v) is 7.62. The third kappa shape index (κ3) is 4.25. The molecule has 1 amide bonds. The van der Waals surface area contributed by atoms with Gasteiger partial charge in [0.2, 0.25) is 5.91 Å². The van der Waals surface area contributed by atoms with Crippen LogP contribution >= 0.6 is 11.3 Å². The molecule has 4 heteroatoms. The van der Waals surface area contributed by atoms with Gasteiger partial charge in [-0.25, -0.2) is 0 Å². The fraction of sp³-hybridized carbons (Fsp3) is 0.450. The first kappa shape index (κ1) is 17.2. The maximum atomic E-state index is 12.2. The fourth-order valence-corrected chi connectivity index (χ4v) is 4.04. The predicted octanol–water partition coefficient (Wildman–Crippen LogP) is 4.15. The average Bonchev–Trinajstić information content (AvgIpc) is 3.14. The number of aryl methyl sites for hydroxylation is 2. The van der Waals surface area contributed by atoms with E-state index in [1.165, 1.54) is 47.3 Å². The van der Waals surface area contributed by atoms with Crippen molar-refractivity contribution in [1.29, 1.82) is 0 Å². The van der Waals surface area contributed by atoms with Crippen molar-refractivity contribution < 1.29 is 4.79 Å². The monoisotopic (exact) mass is 342 g/mol. The molecule has 0 saturated heterocycles. The van der Waals surface area contributed by atoms with Crippen LogP contribution in [0.4, 0.5) is 0 Å². The van der Waals surface area contributed by atoms with Gasteiger partial charge in [0.25, 0.3) is 0 Å². The van der Waals surface area contributed by atoms with Gasteiger partial charge in [0.1, 0.15) is 0 Å². The van der Waals surface area contributed by atoms with E-state index in [1.54, 1.807) is 11.3 Å². The van der Waals surface area contributed by atoms with E-state index in [0.717, 1.165) is 0 Å². The second-order valence-electron chi connectivity index (χ2n) is 6.64. The summed E-state index contributed by atoms with van der Waals surface area (Å²) in [5, 5.41) is 8.46. The molecular formula is C20H26N2OS. The first-order valence-electron chi connectivity index (χ1n) is 8.81. The molecule has 0 bridgehead atoms. The number of hydrogen-bond donors (Lipinski definition) is 2. The molecule has 3 rings (SSSR count). The van der Waals surface area contributed by atoms with E-state index in [4.69, 9.17) is 0 Å². The molecule has 0 radical (unpaired) electrons. The fourth-order valence-electron chi connectivity index (χ4n) is 3.28. The summed E-state index contributed by atoms with van der Waals surface area (Å²) in [6.07, 6.45) is 4.94. The molecule has 1 aromatic carbocycles. The van der Waals surface area contributed by atoms with E-state index in [9.17, 15) is 4.79 Å². The molecule has 2 N–H and O–H groups in total.